The first-order chi connectivity index (χ1) is 15.2. The molecule has 0 bridgehead atoms. The van der Waals surface area contributed by atoms with Gasteiger partial charge < -0.3 is 20.3 Å². The Morgan fingerprint density at radius 3 is 2.23 bits per heavy atom. The van der Waals surface area contributed by atoms with Crippen LogP contribution in [0.1, 0.15) is 29.8 Å². The number of aryl methyl sites for hydroxylation is 1. The van der Waals surface area contributed by atoms with E-state index in [1.54, 1.807) is 7.11 Å². The van der Waals surface area contributed by atoms with Gasteiger partial charge in [-0.1, -0.05) is 18.2 Å². The molecule has 6 nitrogen and oxygen atoms in total. The van der Waals surface area contributed by atoms with Crippen molar-refractivity contribution in [2.75, 3.05) is 59.5 Å². The van der Waals surface area contributed by atoms with Gasteiger partial charge in [0.15, 0.2) is 0 Å². The summed E-state index contributed by atoms with van der Waals surface area (Å²) in [4.78, 5) is 12.4. The van der Waals surface area contributed by atoms with Crippen molar-refractivity contribution in [1.82, 2.24) is 19.7 Å². The second-order valence-corrected chi connectivity index (χ2v) is 8.51. The first-order valence-electron chi connectivity index (χ1n) is 11.6. The average Bonchev–Trinajstić information content (AvgIpc) is 2.79. The molecule has 0 atom stereocenters. The third-order valence-corrected chi connectivity index (χ3v) is 5.99. The molecule has 2 heterocycles. The van der Waals surface area contributed by atoms with E-state index in [2.05, 4.69) is 52.0 Å². The van der Waals surface area contributed by atoms with Crippen LogP contribution >= 0.6 is 0 Å². The quantitative estimate of drug-likeness (QED) is 0.564. The molecule has 0 radical (unpaired) electrons. The zero-order valence-electron chi connectivity index (χ0n) is 19.3. The van der Waals surface area contributed by atoms with Crippen LogP contribution in [0.4, 0.5) is 0 Å². The minimum atomic E-state index is 0.792. The molecule has 1 fully saturated rings. The van der Waals surface area contributed by atoms with Gasteiger partial charge in [0.1, 0.15) is 5.75 Å². The van der Waals surface area contributed by atoms with Crippen LogP contribution in [0.25, 0.3) is 0 Å². The van der Waals surface area contributed by atoms with Crippen molar-refractivity contribution in [3.05, 3.63) is 59.4 Å². The van der Waals surface area contributed by atoms with E-state index in [4.69, 9.17) is 15.5 Å². The predicted molar refractivity (Wildman–Crippen MR) is 127 cm³/mol. The normalized spacial score (nSPS) is 15.5. The third kappa shape index (κ3) is 8.22. The van der Waals surface area contributed by atoms with Gasteiger partial charge in [-0.05, 0) is 69.2 Å². The second-order valence-electron chi connectivity index (χ2n) is 8.51. The van der Waals surface area contributed by atoms with Crippen LogP contribution in [0.3, 0.4) is 0 Å². The number of hydrogen-bond donors (Lipinski definition) is 1. The summed E-state index contributed by atoms with van der Waals surface area (Å²) in [5, 5.41) is 0. The first kappa shape index (κ1) is 23.7. The number of methoxy groups -OCH3 is 1. The van der Waals surface area contributed by atoms with E-state index >= 15 is 0 Å². The van der Waals surface area contributed by atoms with E-state index in [1.807, 2.05) is 12.1 Å². The molecule has 0 aliphatic carbocycles. The Bertz CT molecular complexity index is 759. The molecule has 6 heteroatoms. The van der Waals surface area contributed by atoms with Crippen molar-refractivity contribution in [2.24, 2.45) is 5.73 Å². The molecule has 0 unspecified atom stereocenters. The Morgan fingerprint density at radius 2 is 1.61 bits per heavy atom. The number of ether oxygens (including phenoxy) is 1. The summed E-state index contributed by atoms with van der Waals surface area (Å²) in [6, 6.07) is 14.7. The highest BCUT2D eigenvalue weighted by atomic mass is 16.5. The monoisotopic (exact) mass is 425 g/mol. The Hall–Kier alpha value is -1.99. The lowest BCUT2D eigenvalue weighted by atomic mass is 10.2. The lowest BCUT2D eigenvalue weighted by Crippen LogP contribution is -2.47. The zero-order valence-corrected chi connectivity index (χ0v) is 19.3. The third-order valence-electron chi connectivity index (χ3n) is 5.99. The van der Waals surface area contributed by atoms with E-state index in [1.165, 1.54) is 38.2 Å². The van der Waals surface area contributed by atoms with Gasteiger partial charge in [-0.2, -0.15) is 0 Å². The van der Waals surface area contributed by atoms with Crippen molar-refractivity contribution >= 4 is 0 Å². The first-order valence-corrected chi connectivity index (χ1v) is 11.6. The molecule has 31 heavy (non-hydrogen) atoms. The lowest BCUT2D eigenvalue weighted by molar-refractivity contribution is 0.125. The molecule has 1 saturated heterocycles. The van der Waals surface area contributed by atoms with Gasteiger partial charge in [0, 0.05) is 51.5 Å². The van der Waals surface area contributed by atoms with Gasteiger partial charge in [0.2, 0.25) is 0 Å². The number of benzene rings is 1. The van der Waals surface area contributed by atoms with Gasteiger partial charge in [-0.3, -0.25) is 9.88 Å². The van der Waals surface area contributed by atoms with E-state index in [9.17, 15) is 0 Å². The fraction of sp³-hybridized carbons (Fsp3) is 0.560. The molecule has 0 spiro atoms. The van der Waals surface area contributed by atoms with Crippen LogP contribution in [0, 0.1) is 6.92 Å². The highest BCUT2D eigenvalue weighted by Gasteiger charge is 2.16. The van der Waals surface area contributed by atoms with E-state index in [0.29, 0.717) is 0 Å². The minimum Gasteiger partial charge on any atom is -0.497 e. The predicted octanol–water partition coefficient (Wildman–Crippen LogP) is 2.76. The second kappa shape index (κ2) is 12.8. The Morgan fingerprint density at radius 1 is 0.935 bits per heavy atom. The summed E-state index contributed by atoms with van der Waals surface area (Å²) in [7, 11) is 1.71. The molecular weight excluding hydrogens is 386 g/mol. The summed E-state index contributed by atoms with van der Waals surface area (Å²) < 4.78 is 5.31. The molecule has 1 aliphatic heterocycles. The molecule has 0 saturated carbocycles. The van der Waals surface area contributed by atoms with Crippen molar-refractivity contribution in [3.8, 4) is 5.75 Å². The zero-order chi connectivity index (χ0) is 21.9. The van der Waals surface area contributed by atoms with Gasteiger partial charge >= 0.3 is 0 Å². The maximum absolute atomic E-state index is 5.65. The van der Waals surface area contributed by atoms with Crippen LogP contribution in [0.15, 0.2) is 42.5 Å². The van der Waals surface area contributed by atoms with Crippen LogP contribution in [0.5, 0.6) is 5.75 Å². The average molecular weight is 426 g/mol. The van der Waals surface area contributed by atoms with Gasteiger partial charge in [-0.25, -0.2) is 0 Å². The number of aromatic nitrogens is 1. The molecule has 2 aromatic rings. The molecule has 1 aromatic carbocycles. The Kier molecular flexibility index (Phi) is 9.75. The SMILES string of the molecule is COc1ccc(CN(CCCN2CCN(CCCN)CC2)Cc2cccc(C)n2)cc1. The van der Waals surface area contributed by atoms with Crippen molar-refractivity contribution < 1.29 is 4.74 Å². The summed E-state index contributed by atoms with van der Waals surface area (Å²) in [5.41, 5.74) is 9.17. The molecule has 3 rings (SSSR count). The minimum absolute atomic E-state index is 0.792. The molecule has 170 valence electrons. The van der Waals surface area contributed by atoms with Crippen LogP contribution in [-0.2, 0) is 13.1 Å². The largest absolute Gasteiger partial charge is 0.497 e. The molecule has 1 aromatic heterocycles. The maximum atomic E-state index is 5.65. The highest BCUT2D eigenvalue weighted by molar-refractivity contribution is 5.27. The molecule has 1 aliphatic rings. The maximum Gasteiger partial charge on any atom is 0.118 e. The van der Waals surface area contributed by atoms with Crippen molar-refractivity contribution in [2.45, 2.75) is 32.9 Å². The fourth-order valence-electron chi connectivity index (χ4n) is 4.19. The summed E-state index contributed by atoms with van der Waals surface area (Å²) in [6.45, 7) is 12.7. The Balaban J connectivity index is 1.51. The van der Waals surface area contributed by atoms with Gasteiger partial charge in [0.25, 0.3) is 0 Å². The van der Waals surface area contributed by atoms with Gasteiger partial charge in [0.05, 0.1) is 12.8 Å². The van der Waals surface area contributed by atoms with Crippen LogP contribution in [-0.4, -0.2) is 79.2 Å². The summed E-state index contributed by atoms with van der Waals surface area (Å²) in [5.74, 6) is 0.904. The number of piperazine rings is 1. The van der Waals surface area contributed by atoms with Crippen molar-refractivity contribution in [3.63, 3.8) is 0 Å². The number of rotatable bonds is 12. The Labute approximate surface area is 188 Å². The molecule has 2 N–H and O–H groups in total. The smallest absolute Gasteiger partial charge is 0.118 e. The van der Waals surface area contributed by atoms with Gasteiger partial charge in [-0.15, -0.1) is 0 Å². The number of nitrogens with zero attached hydrogens (tertiary/aromatic N) is 4. The van der Waals surface area contributed by atoms with E-state index < -0.39 is 0 Å². The molecule has 0 amide bonds. The summed E-state index contributed by atoms with van der Waals surface area (Å²) in [6.07, 6.45) is 2.28. The van der Waals surface area contributed by atoms with Crippen molar-refractivity contribution in [1.29, 1.82) is 0 Å². The number of nitrogens with two attached hydrogens (primary N) is 1. The standard InChI is InChI=1S/C25H39N5O/c1-22-6-3-7-24(27-22)21-30(20-23-8-10-25(31-2)11-9-23)15-5-14-29-18-16-28(17-19-29)13-4-12-26/h3,6-11H,4-5,12-21,26H2,1-2H3. The number of pyridine rings is 1. The molecular formula is C25H39N5O. The van der Waals surface area contributed by atoms with E-state index in [-0.39, 0.29) is 0 Å². The summed E-state index contributed by atoms with van der Waals surface area (Å²) >= 11 is 0. The lowest BCUT2D eigenvalue weighted by Gasteiger charge is -2.35. The number of hydrogen-bond acceptors (Lipinski definition) is 6. The topological polar surface area (TPSA) is 57.9 Å². The van der Waals surface area contributed by atoms with Crippen LogP contribution < -0.4 is 10.5 Å². The highest BCUT2D eigenvalue weighted by Crippen LogP contribution is 2.15. The fourth-order valence-corrected chi connectivity index (χ4v) is 4.19. The van der Waals surface area contributed by atoms with E-state index in [0.717, 1.165) is 62.8 Å². The van der Waals surface area contributed by atoms with Crippen LogP contribution in [0.2, 0.25) is 0 Å².